The molecule has 1 aromatic carbocycles. The number of nitro benzene ring substituents is 1. The van der Waals surface area contributed by atoms with E-state index in [1.165, 1.54) is 24.3 Å². The molecule has 128 valence electrons. The van der Waals surface area contributed by atoms with Crippen molar-refractivity contribution >= 4 is 15.7 Å². The Hall–Kier alpha value is -1.55. The summed E-state index contributed by atoms with van der Waals surface area (Å²) in [5, 5.41) is 10.5. The van der Waals surface area contributed by atoms with Gasteiger partial charge in [-0.3, -0.25) is 10.1 Å². The van der Waals surface area contributed by atoms with Crippen LogP contribution >= 0.6 is 0 Å². The summed E-state index contributed by atoms with van der Waals surface area (Å²) in [6, 6.07) is 4.77. The maximum absolute atomic E-state index is 12.0. The number of hydrogen-bond acceptors (Lipinski definition) is 6. The molecule has 0 amide bonds. The van der Waals surface area contributed by atoms with Crippen LogP contribution in [0.1, 0.15) is 19.3 Å². The zero-order valence-electron chi connectivity index (χ0n) is 12.6. The number of nitrogens with one attached hydrogen (secondary N) is 1. The molecule has 1 saturated heterocycles. The minimum Gasteiger partial charge on any atom is -0.379 e. The minimum atomic E-state index is -3.66. The molecular weight excluding hydrogens is 324 g/mol. The molecule has 0 radical (unpaired) electrons. The summed E-state index contributed by atoms with van der Waals surface area (Å²) in [5.41, 5.74) is -0.147. The zero-order chi connectivity index (χ0) is 16.7. The maximum Gasteiger partial charge on any atom is 0.269 e. The van der Waals surface area contributed by atoms with Gasteiger partial charge in [0.25, 0.3) is 5.69 Å². The SMILES string of the molecule is O=[N+]([O-])c1ccc(S(=O)(=O)NCCCOCC2CCCO2)cc1. The highest BCUT2D eigenvalue weighted by atomic mass is 32.2. The van der Waals surface area contributed by atoms with Crippen LogP contribution in [0.5, 0.6) is 0 Å². The Kier molecular flexibility index (Phi) is 6.46. The molecule has 2 rings (SSSR count). The van der Waals surface area contributed by atoms with Crippen LogP contribution < -0.4 is 4.72 Å². The Balaban J connectivity index is 1.70. The number of hydrogen-bond donors (Lipinski definition) is 1. The lowest BCUT2D eigenvalue weighted by Gasteiger charge is -2.10. The maximum atomic E-state index is 12.0. The highest BCUT2D eigenvalue weighted by Gasteiger charge is 2.16. The van der Waals surface area contributed by atoms with Gasteiger partial charge in [0.05, 0.1) is 22.5 Å². The van der Waals surface area contributed by atoms with E-state index in [0.717, 1.165) is 19.4 Å². The molecule has 9 heteroatoms. The largest absolute Gasteiger partial charge is 0.379 e. The van der Waals surface area contributed by atoms with Crippen molar-refractivity contribution in [2.75, 3.05) is 26.4 Å². The molecule has 0 aromatic heterocycles. The highest BCUT2D eigenvalue weighted by molar-refractivity contribution is 7.89. The molecule has 1 aromatic rings. The minimum absolute atomic E-state index is 0.00312. The molecule has 23 heavy (non-hydrogen) atoms. The van der Waals surface area contributed by atoms with Crippen LogP contribution in [0.4, 0.5) is 5.69 Å². The van der Waals surface area contributed by atoms with Crippen LogP contribution in [-0.2, 0) is 19.5 Å². The van der Waals surface area contributed by atoms with Crippen molar-refractivity contribution in [2.45, 2.75) is 30.3 Å². The standard InChI is InChI=1S/C14H20N2O6S/c17-16(18)12-4-6-14(7-5-12)23(19,20)15-8-2-9-21-11-13-3-1-10-22-13/h4-7,13,15H,1-3,8-11H2. The Morgan fingerprint density at radius 1 is 1.35 bits per heavy atom. The van der Waals surface area contributed by atoms with Crippen molar-refractivity contribution in [2.24, 2.45) is 0 Å². The molecule has 1 fully saturated rings. The van der Waals surface area contributed by atoms with Crippen LogP contribution in [0.3, 0.4) is 0 Å². The van der Waals surface area contributed by atoms with E-state index in [0.29, 0.717) is 19.6 Å². The molecule has 1 heterocycles. The topological polar surface area (TPSA) is 108 Å². The van der Waals surface area contributed by atoms with Gasteiger partial charge in [0.2, 0.25) is 10.0 Å². The smallest absolute Gasteiger partial charge is 0.269 e. The number of sulfonamides is 1. The lowest BCUT2D eigenvalue weighted by molar-refractivity contribution is -0.384. The molecule has 1 unspecified atom stereocenters. The number of non-ortho nitro benzene ring substituents is 1. The molecule has 0 spiro atoms. The van der Waals surface area contributed by atoms with Crippen LogP contribution in [0.2, 0.25) is 0 Å². The average Bonchev–Trinajstić information content (AvgIpc) is 3.04. The third-order valence-electron chi connectivity index (χ3n) is 3.44. The quantitative estimate of drug-likeness (QED) is 0.413. The number of nitro groups is 1. The Bertz CT molecular complexity index is 611. The second-order valence-electron chi connectivity index (χ2n) is 5.21. The van der Waals surface area contributed by atoms with Gasteiger partial charge in [-0.1, -0.05) is 0 Å². The zero-order valence-corrected chi connectivity index (χ0v) is 13.5. The van der Waals surface area contributed by atoms with Gasteiger partial charge in [-0.15, -0.1) is 0 Å². The number of ether oxygens (including phenoxy) is 2. The Labute approximate surface area is 135 Å². The summed E-state index contributed by atoms with van der Waals surface area (Å²) < 4.78 is 37.3. The van der Waals surface area contributed by atoms with Gasteiger partial charge in [0.1, 0.15) is 0 Å². The lowest BCUT2D eigenvalue weighted by Crippen LogP contribution is -2.26. The first-order valence-electron chi connectivity index (χ1n) is 7.42. The highest BCUT2D eigenvalue weighted by Crippen LogP contribution is 2.15. The van der Waals surface area contributed by atoms with E-state index in [1.54, 1.807) is 0 Å². The summed E-state index contributed by atoms with van der Waals surface area (Å²) in [6.07, 6.45) is 2.76. The number of rotatable bonds is 9. The normalized spacial score (nSPS) is 18.2. The van der Waals surface area contributed by atoms with Crippen LogP contribution in [0, 0.1) is 10.1 Å². The third kappa shape index (κ3) is 5.54. The fourth-order valence-corrected chi connectivity index (χ4v) is 3.28. The van der Waals surface area contributed by atoms with Crippen molar-refractivity contribution in [3.05, 3.63) is 34.4 Å². The van der Waals surface area contributed by atoms with E-state index in [9.17, 15) is 18.5 Å². The van der Waals surface area contributed by atoms with Gasteiger partial charge in [0.15, 0.2) is 0 Å². The average molecular weight is 344 g/mol. The second-order valence-corrected chi connectivity index (χ2v) is 6.98. The Morgan fingerprint density at radius 3 is 2.70 bits per heavy atom. The van der Waals surface area contributed by atoms with Gasteiger partial charge < -0.3 is 9.47 Å². The molecule has 8 nitrogen and oxygen atoms in total. The molecule has 0 bridgehead atoms. The van der Waals surface area contributed by atoms with Crippen LogP contribution in [0.15, 0.2) is 29.2 Å². The monoisotopic (exact) mass is 344 g/mol. The molecule has 0 aliphatic carbocycles. The fraction of sp³-hybridized carbons (Fsp3) is 0.571. The van der Waals surface area contributed by atoms with Crippen molar-refractivity contribution in [1.82, 2.24) is 4.72 Å². The summed E-state index contributed by atoms with van der Waals surface area (Å²) in [4.78, 5) is 9.98. The van der Waals surface area contributed by atoms with E-state index < -0.39 is 14.9 Å². The Morgan fingerprint density at radius 2 is 2.09 bits per heavy atom. The second kappa shape index (κ2) is 8.34. The molecule has 0 saturated carbocycles. The molecular formula is C14H20N2O6S. The van der Waals surface area contributed by atoms with Crippen molar-refractivity contribution in [1.29, 1.82) is 0 Å². The molecule has 1 N–H and O–H groups in total. The summed E-state index contributed by atoms with van der Waals surface area (Å²) in [5.74, 6) is 0. The van der Waals surface area contributed by atoms with Gasteiger partial charge in [-0.2, -0.15) is 0 Å². The van der Waals surface area contributed by atoms with E-state index in [4.69, 9.17) is 9.47 Å². The summed E-state index contributed by atoms with van der Waals surface area (Å²) in [7, 11) is -3.66. The van der Waals surface area contributed by atoms with Crippen molar-refractivity contribution in [3.8, 4) is 0 Å². The fourth-order valence-electron chi connectivity index (χ4n) is 2.20. The van der Waals surface area contributed by atoms with E-state index in [-0.39, 0.29) is 23.2 Å². The first kappa shape index (κ1) is 17.8. The molecule has 1 aliphatic rings. The number of benzene rings is 1. The van der Waals surface area contributed by atoms with Crippen LogP contribution in [0.25, 0.3) is 0 Å². The van der Waals surface area contributed by atoms with Gasteiger partial charge in [-0.05, 0) is 31.4 Å². The first-order chi connectivity index (χ1) is 11.0. The van der Waals surface area contributed by atoms with Gasteiger partial charge >= 0.3 is 0 Å². The van der Waals surface area contributed by atoms with Crippen molar-refractivity contribution < 1.29 is 22.8 Å². The molecule has 1 aliphatic heterocycles. The van der Waals surface area contributed by atoms with Crippen LogP contribution in [-0.4, -0.2) is 45.8 Å². The van der Waals surface area contributed by atoms with Gasteiger partial charge in [-0.25, -0.2) is 13.1 Å². The van der Waals surface area contributed by atoms with Crippen molar-refractivity contribution in [3.63, 3.8) is 0 Å². The summed E-state index contributed by atoms with van der Waals surface area (Å²) >= 11 is 0. The lowest BCUT2D eigenvalue weighted by atomic mass is 10.2. The predicted octanol–water partition coefficient (Wildman–Crippen LogP) is 1.46. The van der Waals surface area contributed by atoms with Gasteiger partial charge in [0, 0.05) is 31.9 Å². The van der Waals surface area contributed by atoms with E-state index in [1.807, 2.05) is 0 Å². The first-order valence-corrected chi connectivity index (χ1v) is 8.91. The third-order valence-corrected chi connectivity index (χ3v) is 4.92. The predicted molar refractivity (Wildman–Crippen MR) is 82.7 cm³/mol. The van der Waals surface area contributed by atoms with E-state index >= 15 is 0 Å². The number of nitrogens with zero attached hydrogens (tertiary/aromatic N) is 1. The molecule has 1 atom stereocenters. The summed E-state index contributed by atoms with van der Waals surface area (Å²) in [6.45, 7) is 2.01. The van der Waals surface area contributed by atoms with E-state index in [2.05, 4.69) is 4.72 Å².